The summed E-state index contributed by atoms with van der Waals surface area (Å²) in [6.07, 6.45) is 1.32. The number of hydrogen-bond donors (Lipinski definition) is 1. The molecule has 1 rings (SSSR count). The van der Waals surface area contributed by atoms with E-state index in [4.69, 9.17) is 5.73 Å². The van der Waals surface area contributed by atoms with Gasteiger partial charge in [-0.05, 0) is 18.4 Å². The van der Waals surface area contributed by atoms with Gasteiger partial charge in [0.2, 0.25) is 5.78 Å². The molecule has 0 radical (unpaired) electrons. The molecule has 0 saturated heterocycles. The Morgan fingerprint density at radius 3 is 2.25 bits per heavy atom. The predicted molar refractivity (Wildman–Crippen MR) is 58.6 cm³/mol. The summed E-state index contributed by atoms with van der Waals surface area (Å²) in [6, 6.07) is 9.61. The zero-order valence-electron chi connectivity index (χ0n) is 8.81. The minimum absolute atomic E-state index is 0.0661. The second-order valence-corrected chi connectivity index (χ2v) is 3.46. The molecule has 4 nitrogen and oxygen atoms in total. The highest BCUT2D eigenvalue weighted by atomic mass is 16.2. The predicted octanol–water partition coefficient (Wildman–Crippen LogP) is 0.633. The van der Waals surface area contributed by atoms with Gasteiger partial charge in [0, 0.05) is 6.42 Å². The van der Waals surface area contributed by atoms with Gasteiger partial charge in [0.1, 0.15) is 0 Å². The first-order valence-corrected chi connectivity index (χ1v) is 5.02. The van der Waals surface area contributed by atoms with Crippen molar-refractivity contribution in [1.29, 1.82) is 0 Å². The Kier molecular flexibility index (Phi) is 4.39. The highest BCUT2D eigenvalue weighted by Crippen LogP contribution is 2.04. The Hall–Kier alpha value is -1.97. The molecule has 0 atom stereocenters. The molecule has 0 aromatic heterocycles. The smallest absolute Gasteiger partial charge is 0.292 e. The van der Waals surface area contributed by atoms with Crippen LogP contribution in [0, 0.1) is 0 Å². The van der Waals surface area contributed by atoms with E-state index in [0.29, 0.717) is 12.8 Å². The molecule has 0 aliphatic heterocycles. The standard InChI is InChI=1S/C12H13NO3/c13-12(16)11(15)10(14)8-4-7-9-5-2-1-3-6-9/h1-3,5-6H,4,7-8H2,(H2,13,16). The Balaban J connectivity index is 2.34. The van der Waals surface area contributed by atoms with Crippen LogP contribution >= 0.6 is 0 Å². The molecule has 0 aliphatic rings. The van der Waals surface area contributed by atoms with Crippen molar-refractivity contribution < 1.29 is 14.4 Å². The highest BCUT2D eigenvalue weighted by molar-refractivity contribution is 6.63. The van der Waals surface area contributed by atoms with E-state index in [-0.39, 0.29) is 6.42 Å². The number of primary amides is 1. The van der Waals surface area contributed by atoms with Gasteiger partial charge >= 0.3 is 0 Å². The number of hydrogen-bond acceptors (Lipinski definition) is 3. The molecule has 1 aromatic carbocycles. The maximum atomic E-state index is 11.1. The van der Waals surface area contributed by atoms with Crippen LogP contribution in [0.2, 0.25) is 0 Å². The third kappa shape index (κ3) is 3.65. The van der Waals surface area contributed by atoms with Crippen molar-refractivity contribution in [2.24, 2.45) is 5.73 Å². The zero-order valence-corrected chi connectivity index (χ0v) is 8.81. The van der Waals surface area contributed by atoms with Gasteiger partial charge in [-0.2, -0.15) is 0 Å². The minimum Gasteiger partial charge on any atom is -0.363 e. The third-order valence-electron chi connectivity index (χ3n) is 2.19. The monoisotopic (exact) mass is 219 g/mol. The van der Waals surface area contributed by atoms with Crippen LogP contribution in [0.25, 0.3) is 0 Å². The van der Waals surface area contributed by atoms with Crippen molar-refractivity contribution in [2.75, 3.05) is 0 Å². The quantitative estimate of drug-likeness (QED) is 0.563. The molecule has 0 heterocycles. The van der Waals surface area contributed by atoms with Gasteiger partial charge in [-0.25, -0.2) is 0 Å². The average molecular weight is 219 g/mol. The van der Waals surface area contributed by atoms with Crippen molar-refractivity contribution in [3.8, 4) is 0 Å². The van der Waals surface area contributed by atoms with Crippen molar-refractivity contribution >= 4 is 17.5 Å². The van der Waals surface area contributed by atoms with Gasteiger partial charge < -0.3 is 5.73 Å². The van der Waals surface area contributed by atoms with Gasteiger partial charge in [0.05, 0.1) is 0 Å². The molecule has 84 valence electrons. The van der Waals surface area contributed by atoms with E-state index in [9.17, 15) is 14.4 Å². The summed E-state index contributed by atoms with van der Waals surface area (Å²) in [4.78, 5) is 32.4. The summed E-state index contributed by atoms with van der Waals surface area (Å²) >= 11 is 0. The molecular formula is C12H13NO3. The molecule has 4 heteroatoms. The van der Waals surface area contributed by atoms with Crippen molar-refractivity contribution in [2.45, 2.75) is 19.3 Å². The van der Waals surface area contributed by atoms with Crippen molar-refractivity contribution in [1.82, 2.24) is 0 Å². The number of carbonyl (C=O) groups is 3. The van der Waals surface area contributed by atoms with Crippen LogP contribution < -0.4 is 5.73 Å². The van der Waals surface area contributed by atoms with Crippen molar-refractivity contribution in [3.63, 3.8) is 0 Å². The Labute approximate surface area is 93.4 Å². The van der Waals surface area contributed by atoms with E-state index in [1.807, 2.05) is 30.3 Å². The van der Waals surface area contributed by atoms with Gasteiger partial charge in [-0.1, -0.05) is 30.3 Å². The van der Waals surface area contributed by atoms with Crippen LogP contribution in [0.3, 0.4) is 0 Å². The van der Waals surface area contributed by atoms with Crippen LogP contribution in [-0.2, 0) is 20.8 Å². The molecule has 16 heavy (non-hydrogen) atoms. The summed E-state index contributed by atoms with van der Waals surface area (Å²) in [7, 11) is 0. The summed E-state index contributed by atoms with van der Waals surface area (Å²) in [5.41, 5.74) is 5.81. The molecule has 1 amide bonds. The van der Waals surface area contributed by atoms with E-state index in [1.165, 1.54) is 0 Å². The number of benzene rings is 1. The zero-order chi connectivity index (χ0) is 12.0. The topological polar surface area (TPSA) is 77.2 Å². The van der Waals surface area contributed by atoms with E-state index in [0.717, 1.165) is 5.56 Å². The third-order valence-corrected chi connectivity index (χ3v) is 2.19. The van der Waals surface area contributed by atoms with E-state index < -0.39 is 17.5 Å². The largest absolute Gasteiger partial charge is 0.363 e. The summed E-state index contributed by atoms with van der Waals surface area (Å²) < 4.78 is 0. The number of Topliss-reactive ketones (excluding diaryl/α,β-unsaturated/α-hetero) is 2. The van der Waals surface area contributed by atoms with Crippen LogP contribution in [0.15, 0.2) is 30.3 Å². The normalized spacial score (nSPS) is 9.75. The molecule has 0 spiro atoms. The second-order valence-electron chi connectivity index (χ2n) is 3.46. The number of carbonyl (C=O) groups excluding carboxylic acids is 3. The van der Waals surface area contributed by atoms with E-state index >= 15 is 0 Å². The number of ketones is 2. The highest BCUT2D eigenvalue weighted by Gasteiger charge is 2.18. The first kappa shape index (κ1) is 12.1. The van der Waals surface area contributed by atoms with E-state index in [2.05, 4.69) is 0 Å². The lowest BCUT2D eigenvalue weighted by Gasteiger charge is -1.99. The maximum absolute atomic E-state index is 11.1. The SMILES string of the molecule is NC(=O)C(=O)C(=O)CCCc1ccccc1. The lowest BCUT2D eigenvalue weighted by Crippen LogP contribution is -2.30. The minimum atomic E-state index is -1.18. The summed E-state index contributed by atoms with van der Waals surface area (Å²) in [6.45, 7) is 0. The molecule has 0 fully saturated rings. The molecule has 0 saturated carbocycles. The first-order valence-electron chi connectivity index (χ1n) is 5.02. The summed E-state index contributed by atoms with van der Waals surface area (Å²) in [5, 5.41) is 0. The number of amides is 1. The summed E-state index contributed by atoms with van der Waals surface area (Å²) in [5.74, 6) is -2.98. The number of rotatable bonds is 6. The average Bonchev–Trinajstić information content (AvgIpc) is 2.29. The molecule has 1 aromatic rings. The fraction of sp³-hybridized carbons (Fsp3) is 0.250. The lowest BCUT2D eigenvalue weighted by atomic mass is 10.1. The van der Waals surface area contributed by atoms with Gasteiger partial charge in [-0.15, -0.1) is 0 Å². The van der Waals surface area contributed by atoms with Crippen LogP contribution in [-0.4, -0.2) is 17.5 Å². The first-order chi connectivity index (χ1) is 7.61. The molecule has 2 N–H and O–H groups in total. The van der Waals surface area contributed by atoms with Crippen LogP contribution in [0.4, 0.5) is 0 Å². The number of aryl methyl sites for hydroxylation is 1. The second kappa shape index (κ2) is 5.80. The fourth-order valence-electron chi connectivity index (χ4n) is 1.35. The molecule has 0 unspecified atom stereocenters. The lowest BCUT2D eigenvalue weighted by molar-refractivity contribution is -0.143. The Bertz CT molecular complexity index is 398. The Morgan fingerprint density at radius 2 is 1.69 bits per heavy atom. The number of nitrogens with two attached hydrogens (primary N) is 1. The van der Waals surface area contributed by atoms with Gasteiger partial charge in [0.15, 0.2) is 0 Å². The van der Waals surface area contributed by atoms with E-state index in [1.54, 1.807) is 0 Å². The van der Waals surface area contributed by atoms with Gasteiger partial charge in [-0.3, -0.25) is 14.4 Å². The Morgan fingerprint density at radius 1 is 1.06 bits per heavy atom. The van der Waals surface area contributed by atoms with Gasteiger partial charge in [0.25, 0.3) is 11.7 Å². The molecular weight excluding hydrogens is 206 g/mol. The fourth-order valence-corrected chi connectivity index (χ4v) is 1.35. The van der Waals surface area contributed by atoms with Crippen LogP contribution in [0.5, 0.6) is 0 Å². The molecule has 0 aliphatic carbocycles. The molecule has 0 bridgehead atoms. The van der Waals surface area contributed by atoms with Crippen LogP contribution in [0.1, 0.15) is 18.4 Å². The maximum Gasteiger partial charge on any atom is 0.292 e. The van der Waals surface area contributed by atoms with Crippen molar-refractivity contribution in [3.05, 3.63) is 35.9 Å².